The highest BCUT2D eigenvalue weighted by atomic mass is 35.5. The maximum Gasteiger partial charge on any atom is 0.306 e. The average molecular weight is 576 g/mol. The first kappa shape index (κ1) is 28.8. The SMILES string of the molecule is C[C@]12CCC(=O)NC1=CC[C@@H]1[C@@H]2CC[C@]2(C)C(OC(=O)CCCc3ccc(N(CCCl)CCCl)cc3)CC[C@@H]12. The van der Waals surface area contributed by atoms with Gasteiger partial charge >= 0.3 is 5.97 Å². The minimum absolute atomic E-state index is 0.0225. The molecule has 1 amide bonds. The van der Waals surface area contributed by atoms with Crippen molar-refractivity contribution in [3.8, 4) is 0 Å². The van der Waals surface area contributed by atoms with Crippen LogP contribution in [0.3, 0.4) is 0 Å². The van der Waals surface area contributed by atoms with E-state index in [-0.39, 0.29) is 28.8 Å². The lowest BCUT2D eigenvalue weighted by molar-refractivity contribution is -0.159. The van der Waals surface area contributed by atoms with Crippen molar-refractivity contribution < 1.29 is 14.3 Å². The molecule has 0 spiro atoms. The number of ether oxygens (including phenoxy) is 1. The van der Waals surface area contributed by atoms with E-state index in [2.05, 4.69) is 54.4 Å². The molecule has 0 aromatic heterocycles. The fraction of sp³-hybridized carbons (Fsp3) is 0.688. The van der Waals surface area contributed by atoms with Crippen LogP contribution >= 0.6 is 23.2 Å². The summed E-state index contributed by atoms with van der Waals surface area (Å²) in [4.78, 5) is 27.2. The molecule has 3 aliphatic carbocycles. The Morgan fingerprint density at radius 2 is 1.79 bits per heavy atom. The van der Waals surface area contributed by atoms with Gasteiger partial charge in [0.05, 0.1) is 0 Å². The number of anilines is 1. The van der Waals surface area contributed by atoms with E-state index in [1.165, 1.54) is 11.3 Å². The number of alkyl halides is 2. The number of aryl methyl sites for hydroxylation is 1. The fourth-order valence-corrected chi connectivity index (χ4v) is 8.85. The summed E-state index contributed by atoms with van der Waals surface area (Å²) in [5.41, 5.74) is 3.67. The van der Waals surface area contributed by atoms with Gasteiger partial charge in [-0.1, -0.05) is 32.1 Å². The van der Waals surface area contributed by atoms with Crippen molar-refractivity contribution >= 4 is 40.8 Å². The van der Waals surface area contributed by atoms with E-state index in [0.717, 1.165) is 70.1 Å². The standard InChI is InChI=1S/C32H44Cl2N2O3/c1-31-17-15-29(37)35-27(31)12-10-24-25-11-13-28(32(25,2)16-14-26(24)31)39-30(38)5-3-4-22-6-8-23(9-7-22)36(20-18-33)21-19-34/h6-9,12,24-26,28H,3-5,10-11,13-21H2,1-2H3,(H,35,37)/t24-,25-,26-,28?,31+,32-/m0/s1. The van der Waals surface area contributed by atoms with Gasteiger partial charge in [0.1, 0.15) is 6.10 Å². The van der Waals surface area contributed by atoms with Gasteiger partial charge in [-0.05, 0) is 86.8 Å². The third kappa shape index (κ3) is 5.73. The third-order valence-electron chi connectivity index (χ3n) is 10.7. The number of amides is 1. The van der Waals surface area contributed by atoms with Gasteiger partial charge in [-0.3, -0.25) is 9.59 Å². The second-order valence-corrected chi connectivity index (χ2v) is 13.4. The van der Waals surface area contributed by atoms with E-state index in [0.29, 0.717) is 42.4 Å². The van der Waals surface area contributed by atoms with E-state index < -0.39 is 0 Å². The van der Waals surface area contributed by atoms with Crippen molar-refractivity contribution in [2.45, 2.75) is 84.2 Å². The molecule has 39 heavy (non-hydrogen) atoms. The van der Waals surface area contributed by atoms with Gasteiger partial charge in [0.2, 0.25) is 5.91 Å². The summed E-state index contributed by atoms with van der Waals surface area (Å²) in [5, 5.41) is 3.19. The minimum Gasteiger partial charge on any atom is -0.462 e. The highest BCUT2D eigenvalue weighted by molar-refractivity contribution is 6.18. The van der Waals surface area contributed by atoms with Gasteiger partial charge in [0.25, 0.3) is 0 Å². The van der Waals surface area contributed by atoms with Gasteiger partial charge in [-0.25, -0.2) is 0 Å². The van der Waals surface area contributed by atoms with Gasteiger partial charge in [0.15, 0.2) is 0 Å². The van der Waals surface area contributed by atoms with E-state index in [1.807, 2.05) is 0 Å². The van der Waals surface area contributed by atoms with Crippen molar-refractivity contribution in [3.05, 3.63) is 41.6 Å². The number of allylic oxidation sites excluding steroid dienone is 2. The molecule has 5 rings (SSSR count). The number of carbonyl (C=O) groups is 2. The van der Waals surface area contributed by atoms with Gasteiger partial charge in [0, 0.05) is 59.9 Å². The minimum atomic E-state index is -0.0520. The number of carbonyl (C=O) groups excluding carboxylic acids is 2. The molecule has 3 fully saturated rings. The maximum absolute atomic E-state index is 12.9. The Balaban J connectivity index is 1.13. The summed E-state index contributed by atoms with van der Waals surface area (Å²) in [6, 6.07) is 8.51. The molecule has 4 aliphatic rings. The van der Waals surface area contributed by atoms with E-state index >= 15 is 0 Å². The molecule has 1 N–H and O–H groups in total. The van der Waals surface area contributed by atoms with Crippen molar-refractivity contribution in [1.82, 2.24) is 5.32 Å². The Hall–Kier alpha value is -1.72. The number of halogens is 2. The van der Waals surface area contributed by atoms with E-state index in [9.17, 15) is 9.59 Å². The number of benzene rings is 1. The largest absolute Gasteiger partial charge is 0.462 e. The Labute approximate surface area is 244 Å². The third-order valence-corrected chi connectivity index (χ3v) is 11.0. The van der Waals surface area contributed by atoms with Gasteiger partial charge in [-0.2, -0.15) is 0 Å². The monoisotopic (exact) mass is 574 g/mol. The second kappa shape index (κ2) is 12.0. The van der Waals surface area contributed by atoms with E-state index in [4.69, 9.17) is 27.9 Å². The van der Waals surface area contributed by atoms with Crippen molar-refractivity contribution in [3.63, 3.8) is 0 Å². The first-order valence-corrected chi connectivity index (χ1v) is 16.0. The Morgan fingerprint density at radius 3 is 2.51 bits per heavy atom. The van der Waals surface area contributed by atoms with Crippen LogP contribution in [-0.2, 0) is 20.7 Å². The van der Waals surface area contributed by atoms with Crippen molar-refractivity contribution in [2.75, 3.05) is 29.7 Å². The first-order valence-electron chi connectivity index (χ1n) is 14.9. The van der Waals surface area contributed by atoms with E-state index in [1.54, 1.807) is 0 Å². The molecule has 1 aromatic rings. The summed E-state index contributed by atoms with van der Waals surface area (Å²) < 4.78 is 6.21. The zero-order valence-electron chi connectivity index (χ0n) is 23.5. The number of esters is 1. The molecule has 1 aliphatic heterocycles. The van der Waals surface area contributed by atoms with Crippen LogP contribution in [0.4, 0.5) is 5.69 Å². The number of hydrogen-bond donors (Lipinski definition) is 1. The molecule has 1 unspecified atom stereocenters. The van der Waals surface area contributed by atoms with Crippen LogP contribution in [0.15, 0.2) is 36.0 Å². The summed E-state index contributed by atoms with van der Waals surface area (Å²) in [7, 11) is 0. The van der Waals surface area contributed by atoms with Crippen molar-refractivity contribution in [2.24, 2.45) is 28.6 Å². The van der Waals surface area contributed by atoms with Crippen LogP contribution in [-0.4, -0.2) is 42.8 Å². The van der Waals surface area contributed by atoms with Crippen LogP contribution in [0.2, 0.25) is 0 Å². The smallest absolute Gasteiger partial charge is 0.306 e. The molecular formula is C32H44Cl2N2O3. The molecule has 7 heteroatoms. The van der Waals surface area contributed by atoms with Crippen LogP contribution in [0.25, 0.3) is 0 Å². The Bertz CT molecular complexity index is 1070. The van der Waals surface area contributed by atoms with Crippen LogP contribution in [0, 0.1) is 28.6 Å². The highest BCUT2D eigenvalue weighted by Crippen LogP contribution is 2.64. The topological polar surface area (TPSA) is 58.6 Å². The maximum atomic E-state index is 12.9. The van der Waals surface area contributed by atoms with Crippen LogP contribution < -0.4 is 10.2 Å². The zero-order valence-corrected chi connectivity index (χ0v) is 25.0. The summed E-state index contributed by atoms with van der Waals surface area (Å²) >= 11 is 11.9. The quantitative estimate of drug-likeness (QED) is 0.245. The summed E-state index contributed by atoms with van der Waals surface area (Å²) in [6.45, 7) is 6.30. The summed E-state index contributed by atoms with van der Waals surface area (Å²) in [6.07, 6.45) is 11.4. The molecule has 0 radical (unpaired) electrons. The second-order valence-electron chi connectivity index (χ2n) is 12.7. The predicted molar refractivity (Wildman–Crippen MR) is 158 cm³/mol. The number of piperidine rings is 1. The lowest BCUT2D eigenvalue weighted by Gasteiger charge is -2.56. The molecule has 1 saturated heterocycles. The molecule has 1 heterocycles. The molecular weight excluding hydrogens is 531 g/mol. The molecule has 0 bridgehead atoms. The normalized spacial score (nSPS) is 33.3. The lowest BCUT2D eigenvalue weighted by Crippen LogP contribution is -2.54. The Morgan fingerprint density at radius 1 is 1.05 bits per heavy atom. The van der Waals surface area contributed by atoms with Gasteiger partial charge in [-0.15, -0.1) is 23.2 Å². The highest BCUT2D eigenvalue weighted by Gasteiger charge is 2.59. The van der Waals surface area contributed by atoms with Crippen LogP contribution in [0.5, 0.6) is 0 Å². The number of nitrogens with zero attached hydrogens (tertiary/aromatic N) is 1. The molecule has 1 aromatic carbocycles. The molecule has 2 saturated carbocycles. The van der Waals surface area contributed by atoms with Crippen LogP contribution in [0.1, 0.15) is 77.2 Å². The summed E-state index contributed by atoms with van der Waals surface area (Å²) in [5.74, 6) is 3.05. The van der Waals surface area contributed by atoms with Gasteiger partial charge < -0.3 is 15.0 Å². The fourth-order valence-electron chi connectivity index (χ4n) is 8.44. The first-order chi connectivity index (χ1) is 18.8. The predicted octanol–water partition coefficient (Wildman–Crippen LogP) is 6.85. The van der Waals surface area contributed by atoms with Crippen molar-refractivity contribution in [1.29, 1.82) is 0 Å². The zero-order chi connectivity index (χ0) is 27.6. The lowest BCUT2D eigenvalue weighted by atomic mass is 9.50. The number of fused-ring (bicyclic) bond motifs is 5. The number of nitrogens with one attached hydrogen (secondary N) is 1. The molecule has 214 valence electrons. The molecule has 6 atom stereocenters. The number of hydrogen-bond acceptors (Lipinski definition) is 4. The Kier molecular flexibility index (Phi) is 8.88. The average Bonchev–Trinajstić information content (AvgIpc) is 3.25. The molecule has 5 nitrogen and oxygen atoms in total. The number of rotatable bonds is 10.